The molecule has 6 amide bonds. The molecule has 2 aliphatic carbocycles. The van der Waals surface area contributed by atoms with Gasteiger partial charge in [0.1, 0.15) is 18.7 Å². The number of piperidine rings is 1. The molecule has 2 fully saturated rings. The van der Waals surface area contributed by atoms with Gasteiger partial charge < -0.3 is 36.2 Å². The fourth-order valence-electron chi connectivity index (χ4n) is 7.65. The molecule has 54 heavy (non-hydrogen) atoms. The standard InChI is InChI=1S/C38H53F3N6O7/c1-8-16-43-32(50)30(48)25(14-15-38(39,40)41)44-31(49)29-27-24(37(27,6)7)19-47(29)33(51)28(23-17-21-12-10-11-13-22(21)18-23)46-34(52)45-26(36(3,4)5)20-54-35(53)42-9-2/h8,10-13,23-29H,1,9,14-20H2,2-7H3,(H,42,53)(H,43,50)(H,44,49)(H2,45,46,52)/t24-,25?,26+,27-,28?,29-/m0/s1. The minimum Gasteiger partial charge on any atom is -0.447 e. The summed E-state index contributed by atoms with van der Waals surface area (Å²) in [5.74, 6) is -4.77. The number of likely N-dealkylation sites (tertiary alicyclic amines) is 1. The second kappa shape index (κ2) is 16.8. The molecular weight excluding hydrogens is 709 g/mol. The van der Waals surface area contributed by atoms with Gasteiger partial charge in [0.05, 0.1) is 12.1 Å². The molecule has 298 valence electrons. The number of amides is 6. The number of carbonyl (C=O) groups excluding carboxylic acids is 6. The van der Waals surface area contributed by atoms with E-state index >= 15 is 0 Å². The molecule has 4 rings (SSSR count). The Bertz CT molecular complexity index is 1580. The van der Waals surface area contributed by atoms with Gasteiger partial charge in [-0.15, -0.1) is 6.58 Å². The normalized spacial score (nSPS) is 21.7. The Morgan fingerprint density at radius 2 is 1.63 bits per heavy atom. The number of halogens is 3. The lowest BCUT2D eigenvalue weighted by atomic mass is 9.87. The number of rotatable bonds is 15. The summed E-state index contributed by atoms with van der Waals surface area (Å²) >= 11 is 0. The van der Waals surface area contributed by atoms with Crippen molar-refractivity contribution < 1.29 is 46.7 Å². The fraction of sp³-hybridized carbons (Fsp3) is 0.632. The molecule has 1 aromatic carbocycles. The molecule has 6 atom stereocenters. The quantitative estimate of drug-likeness (QED) is 0.135. The molecule has 1 aliphatic heterocycles. The maximum atomic E-state index is 14.7. The van der Waals surface area contributed by atoms with Crippen molar-refractivity contribution in [3.63, 3.8) is 0 Å². The molecule has 2 unspecified atom stereocenters. The van der Waals surface area contributed by atoms with Gasteiger partial charge in [-0.3, -0.25) is 19.2 Å². The molecule has 13 nitrogen and oxygen atoms in total. The SMILES string of the molecule is C=CCNC(=O)C(=O)C(CCC(F)(F)F)NC(=O)[C@@H]1[C@@H]2[C@H](CN1C(=O)C(NC(=O)N[C@H](COC(=O)NCC)C(C)(C)C)C1Cc3ccccc3C1)C2(C)C. The topological polar surface area (TPSA) is 175 Å². The first-order chi connectivity index (χ1) is 25.2. The van der Waals surface area contributed by atoms with Gasteiger partial charge in [-0.2, -0.15) is 13.2 Å². The molecule has 0 aromatic heterocycles. The van der Waals surface area contributed by atoms with E-state index in [1.165, 1.54) is 11.0 Å². The molecule has 3 aliphatic rings. The summed E-state index contributed by atoms with van der Waals surface area (Å²) in [4.78, 5) is 81.5. The number of Topliss-reactive ketones (excluding diaryl/α,β-unsaturated/α-hetero) is 1. The Balaban J connectivity index is 1.61. The Morgan fingerprint density at radius 1 is 1.00 bits per heavy atom. The van der Waals surface area contributed by atoms with Crippen LogP contribution in [0.25, 0.3) is 0 Å². The number of carbonyl (C=O) groups is 6. The number of fused-ring (bicyclic) bond motifs is 2. The lowest BCUT2D eigenvalue weighted by Gasteiger charge is -2.36. The van der Waals surface area contributed by atoms with Gasteiger partial charge in [-0.05, 0) is 65.9 Å². The molecule has 0 bridgehead atoms. The molecule has 1 saturated carbocycles. The van der Waals surface area contributed by atoms with Crippen LogP contribution in [0.1, 0.15) is 65.5 Å². The monoisotopic (exact) mass is 762 g/mol. The number of benzene rings is 1. The number of hydrogen-bond acceptors (Lipinski definition) is 7. The zero-order valence-electron chi connectivity index (χ0n) is 31.7. The number of ketones is 1. The van der Waals surface area contributed by atoms with E-state index in [0.29, 0.717) is 19.4 Å². The maximum Gasteiger partial charge on any atom is 0.407 e. The van der Waals surface area contributed by atoms with Crippen molar-refractivity contribution in [1.29, 1.82) is 0 Å². The van der Waals surface area contributed by atoms with E-state index in [1.54, 1.807) is 6.92 Å². The third-order valence-electron chi connectivity index (χ3n) is 10.9. The van der Waals surface area contributed by atoms with E-state index in [0.717, 1.165) is 11.1 Å². The van der Waals surface area contributed by atoms with Crippen molar-refractivity contribution in [2.45, 2.75) is 97.6 Å². The van der Waals surface area contributed by atoms with Crippen molar-refractivity contribution in [1.82, 2.24) is 31.5 Å². The van der Waals surface area contributed by atoms with Crippen LogP contribution in [0.15, 0.2) is 36.9 Å². The van der Waals surface area contributed by atoms with Crippen LogP contribution in [-0.4, -0.2) is 97.1 Å². The third-order valence-corrected chi connectivity index (χ3v) is 10.9. The maximum absolute atomic E-state index is 14.7. The van der Waals surface area contributed by atoms with Crippen LogP contribution in [0, 0.1) is 28.6 Å². The van der Waals surface area contributed by atoms with Crippen LogP contribution in [0.2, 0.25) is 0 Å². The lowest BCUT2D eigenvalue weighted by Crippen LogP contribution is -2.61. The largest absolute Gasteiger partial charge is 0.447 e. The Morgan fingerprint density at radius 3 is 2.19 bits per heavy atom. The van der Waals surface area contributed by atoms with E-state index < -0.39 is 95.6 Å². The number of alkyl halides is 3. The van der Waals surface area contributed by atoms with E-state index in [-0.39, 0.29) is 31.5 Å². The number of alkyl carbamates (subject to hydrolysis) is 1. The van der Waals surface area contributed by atoms with Gasteiger partial charge in [-0.1, -0.05) is 65.0 Å². The van der Waals surface area contributed by atoms with Gasteiger partial charge in [0.2, 0.25) is 17.6 Å². The average molecular weight is 763 g/mol. The van der Waals surface area contributed by atoms with E-state index in [2.05, 4.69) is 33.2 Å². The molecule has 5 N–H and O–H groups in total. The highest BCUT2D eigenvalue weighted by Crippen LogP contribution is 2.65. The predicted octanol–water partition coefficient (Wildman–Crippen LogP) is 3.41. The summed E-state index contributed by atoms with van der Waals surface area (Å²) in [5, 5.41) is 12.9. The van der Waals surface area contributed by atoms with Crippen LogP contribution in [0.3, 0.4) is 0 Å². The summed E-state index contributed by atoms with van der Waals surface area (Å²) in [6.07, 6.45) is -5.43. The first-order valence-corrected chi connectivity index (χ1v) is 18.3. The predicted molar refractivity (Wildman–Crippen MR) is 193 cm³/mol. The Hall–Kier alpha value is -4.63. The third kappa shape index (κ3) is 10.1. The molecule has 1 heterocycles. The van der Waals surface area contributed by atoms with Crippen molar-refractivity contribution >= 4 is 35.6 Å². The first-order valence-electron chi connectivity index (χ1n) is 18.3. The zero-order chi connectivity index (χ0) is 40.2. The van der Waals surface area contributed by atoms with E-state index in [4.69, 9.17) is 4.74 Å². The summed E-state index contributed by atoms with van der Waals surface area (Å²) in [6.45, 7) is 14.8. The van der Waals surface area contributed by atoms with Crippen molar-refractivity contribution in [2.75, 3.05) is 26.2 Å². The molecule has 0 spiro atoms. The minimum absolute atomic E-state index is 0.113. The van der Waals surface area contributed by atoms with Gasteiger partial charge in [-0.25, -0.2) is 9.59 Å². The Kier molecular flexibility index (Phi) is 13.1. The summed E-state index contributed by atoms with van der Waals surface area (Å²) in [7, 11) is 0. The van der Waals surface area contributed by atoms with Gasteiger partial charge >= 0.3 is 18.3 Å². The summed E-state index contributed by atoms with van der Waals surface area (Å²) in [5.41, 5.74) is 1.04. The smallest absolute Gasteiger partial charge is 0.407 e. The van der Waals surface area contributed by atoms with Gasteiger partial charge in [0.25, 0.3) is 5.91 Å². The van der Waals surface area contributed by atoms with Crippen molar-refractivity contribution in [3.05, 3.63) is 48.0 Å². The number of nitrogens with one attached hydrogen (secondary N) is 5. The van der Waals surface area contributed by atoms with Gasteiger partial charge in [0.15, 0.2) is 0 Å². The molecule has 0 radical (unpaired) electrons. The minimum atomic E-state index is -4.67. The summed E-state index contributed by atoms with van der Waals surface area (Å²) < 4.78 is 45.2. The number of hydrogen-bond donors (Lipinski definition) is 5. The lowest BCUT2D eigenvalue weighted by molar-refractivity contribution is -0.147. The van der Waals surface area contributed by atoms with E-state index in [9.17, 15) is 41.9 Å². The van der Waals surface area contributed by atoms with E-state index in [1.807, 2.05) is 58.9 Å². The number of nitrogens with zero attached hydrogens (tertiary/aromatic N) is 1. The molecule has 16 heteroatoms. The fourth-order valence-corrected chi connectivity index (χ4v) is 7.65. The highest BCUT2D eigenvalue weighted by Gasteiger charge is 2.70. The van der Waals surface area contributed by atoms with Gasteiger partial charge in [0, 0.05) is 26.1 Å². The molecular formula is C38H53F3N6O7. The second-order valence-electron chi connectivity index (χ2n) is 16.0. The van der Waals surface area contributed by atoms with Crippen LogP contribution >= 0.6 is 0 Å². The highest BCUT2D eigenvalue weighted by atomic mass is 19.4. The summed E-state index contributed by atoms with van der Waals surface area (Å²) in [6, 6.07) is 2.17. The second-order valence-corrected chi connectivity index (χ2v) is 16.0. The molecule has 1 saturated heterocycles. The zero-order valence-corrected chi connectivity index (χ0v) is 31.7. The van der Waals surface area contributed by atoms with Crippen molar-refractivity contribution in [3.8, 4) is 0 Å². The van der Waals surface area contributed by atoms with Crippen LogP contribution in [0.5, 0.6) is 0 Å². The first kappa shape index (κ1) is 42.1. The van der Waals surface area contributed by atoms with Crippen LogP contribution in [-0.2, 0) is 36.8 Å². The van der Waals surface area contributed by atoms with Crippen LogP contribution < -0.4 is 26.6 Å². The number of ether oxygens (including phenoxy) is 1. The Labute approximate surface area is 313 Å². The highest BCUT2D eigenvalue weighted by molar-refractivity contribution is 6.38. The molecule has 1 aromatic rings. The van der Waals surface area contributed by atoms with Crippen molar-refractivity contribution in [2.24, 2.45) is 28.6 Å². The number of urea groups is 1. The van der Waals surface area contributed by atoms with Crippen LogP contribution in [0.4, 0.5) is 22.8 Å². The average Bonchev–Trinajstić information content (AvgIpc) is 3.44.